The van der Waals surface area contributed by atoms with Gasteiger partial charge in [0.2, 0.25) is 5.91 Å². The number of carbonyl (C=O) groups is 1. The van der Waals surface area contributed by atoms with Crippen molar-refractivity contribution in [3.8, 4) is 0 Å². The van der Waals surface area contributed by atoms with E-state index < -0.39 is 0 Å². The molecule has 0 bridgehead atoms. The number of nitrogens with one attached hydrogen (secondary N) is 1. The first-order valence-corrected chi connectivity index (χ1v) is 7.46. The van der Waals surface area contributed by atoms with Gasteiger partial charge in [0.05, 0.1) is 13.2 Å². The molecule has 19 heavy (non-hydrogen) atoms. The molecule has 0 aliphatic heterocycles. The van der Waals surface area contributed by atoms with Crippen molar-refractivity contribution in [2.75, 3.05) is 40.1 Å². The molecule has 1 rings (SSSR count). The Hall–Kier alpha value is -1.04. The fraction of sp³-hybridized carbons (Fsp3) is 0.500. The van der Waals surface area contributed by atoms with Crippen LogP contribution in [0, 0.1) is 0 Å². The Morgan fingerprint density at radius 1 is 1.37 bits per heavy atom. The molecule has 1 aromatic carbocycles. The molecular formula is C14H22N2O2S. The lowest BCUT2D eigenvalue weighted by Gasteiger charge is -2.17. The molecule has 0 heterocycles. The fourth-order valence-corrected chi connectivity index (χ4v) is 2.01. The van der Waals surface area contributed by atoms with Crippen LogP contribution < -0.4 is 5.32 Å². The number of hydrogen-bond donors (Lipinski definition) is 1. The molecule has 0 atom stereocenters. The maximum Gasteiger partial charge on any atom is 0.236 e. The molecule has 0 fully saturated rings. The number of nitrogens with zero attached hydrogens (tertiary/aromatic N) is 1. The molecule has 1 N–H and O–H groups in total. The number of rotatable bonds is 8. The van der Waals surface area contributed by atoms with E-state index in [1.807, 2.05) is 7.05 Å². The number of methoxy groups -OCH3 is 1. The van der Waals surface area contributed by atoms with Crippen LogP contribution in [0.1, 0.15) is 5.56 Å². The predicted molar refractivity (Wildman–Crippen MR) is 79.4 cm³/mol. The number of thioether (sulfide) groups is 1. The van der Waals surface area contributed by atoms with Crippen LogP contribution in [-0.2, 0) is 16.1 Å². The summed E-state index contributed by atoms with van der Waals surface area (Å²) in [6.07, 6.45) is 2.05. The molecule has 4 nitrogen and oxygen atoms in total. The highest BCUT2D eigenvalue weighted by Crippen LogP contribution is 2.15. The highest BCUT2D eigenvalue weighted by Gasteiger charge is 2.08. The molecule has 0 aliphatic carbocycles. The normalized spacial score (nSPS) is 10.5. The third kappa shape index (κ3) is 6.09. The maximum absolute atomic E-state index is 11.9. The number of hydrogen-bond acceptors (Lipinski definition) is 4. The van der Waals surface area contributed by atoms with Gasteiger partial charge >= 0.3 is 0 Å². The summed E-state index contributed by atoms with van der Waals surface area (Å²) in [7, 11) is 3.47. The summed E-state index contributed by atoms with van der Waals surface area (Å²) >= 11 is 1.72. The Balaban J connectivity index is 2.35. The fourth-order valence-electron chi connectivity index (χ4n) is 1.60. The van der Waals surface area contributed by atoms with E-state index in [1.165, 1.54) is 4.90 Å². The van der Waals surface area contributed by atoms with Gasteiger partial charge in [-0.2, -0.15) is 0 Å². The van der Waals surface area contributed by atoms with E-state index in [0.29, 0.717) is 26.2 Å². The smallest absolute Gasteiger partial charge is 0.236 e. The van der Waals surface area contributed by atoms with Crippen molar-refractivity contribution in [2.24, 2.45) is 0 Å². The van der Waals surface area contributed by atoms with Crippen molar-refractivity contribution >= 4 is 17.7 Å². The van der Waals surface area contributed by atoms with Crippen molar-refractivity contribution in [3.05, 3.63) is 29.8 Å². The standard InChI is InChI=1S/C14H22N2O2S/c1-16(14(17)10-15-8-9-18-2)11-12-4-6-13(19-3)7-5-12/h4-7,15H,8-11H2,1-3H3. The summed E-state index contributed by atoms with van der Waals surface area (Å²) < 4.78 is 4.91. The average molecular weight is 282 g/mol. The number of benzene rings is 1. The first kappa shape index (κ1) is 16.0. The molecular weight excluding hydrogens is 260 g/mol. The van der Waals surface area contributed by atoms with Gasteiger partial charge in [-0.15, -0.1) is 11.8 Å². The Morgan fingerprint density at radius 3 is 2.63 bits per heavy atom. The summed E-state index contributed by atoms with van der Waals surface area (Å²) in [5.41, 5.74) is 1.14. The van der Waals surface area contributed by atoms with Crippen LogP contribution in [0.3, 0.4) is 0 Å². The van der Waals surface area contributed by atoms with Crippen molar-refractivity contribution in [2.45, 2.75) is 11.4 Å². The SMILES string of the molecule is COCCNCC(=O)N(C)Cc1ccc(SC)cc1. The highest BCUT2D eigenvalue weighted by molar-refractivity contribution is 7.98. The maximum atomic E-state index is 11.9. The summed E-state index contributed by atoms with van der Waals surface area (Å²) in [5, 5.41) is 3.05. The van der Waals surface area contributed by atoms with Gasteiger partial charge in [-0.1, -0.05) is 12.1 Å². The minimum atomic E-state index is 0.0880. The second-order valence-electron chi connectivity index (χ2n) is 4.27. The zero-order valence-electron chi connectivity index (χ0n) is 11.8. The van der Waals surface area contributed by atoms with Crippen molar-refractivity contribution in [3.63, 3.8) is 0 Å². The van der Waals surface area contributed by atoms with E-state index >= 15 is 0 Å². The average Bonchev–Trinajstić information content (AvgIpc) is 2.44. The van der Waals surface area contributed by atoms with Gasteiger partial charge in [-0.3, -0.25) is 4.79 Å². The molecule has 0 aromatic heterocycles. The van der Waals surface area contributed by atoms with Crippen LogP contribution in [0.2, 0.25) is 0 Å². The molecule has 0 radical (unpaired) electrons. The molecule has 0 aliphatic rings. The largest absolute Gasteiger partial charge is 0.383 e. The van der Waals surface area contributed by atoms with E-state index in [-0.39, 0.29) is 5.91 Å². The molecule has 1 aromatic rings. The molecule has 0 saturated carbocycles. The van der Waals surface area contributed by atoms with Crippen LogP contribution in [0.4, 0.5) is 0 Å². The first-order valence-electron chi connectivity index (χ1n) is 6.24. The zero-order valence-corrected chi connectivity index (χ0v) is 12.6. The monoisotopic (exact) mass is 282 g/mol. The van der Waals surface area contributed by atoms with Gasteiger partial charge in [0, 0.05) is 32.1 Å². The highest BCUT2D eigenvalue weighted by atomic mass is 32.2. The van der Waals surface area contributed by atoms with E-state index in [2.05, 4.69) is 35.8 Å². The number of ether oxygens (including phenoxy) is 1. The van der Waals surface area contributed by atoms with Crippen LogP contribution in [0.5, 0.6) is 0 Å². The third-order valence-corrected chi connectivity index (χ3v) is 3.51. The minimum absolute atomic E-state index is 0.0880. The number of amides is 1. The van der Waals surface area contributed by atoms with Crippen LogP contribution >= 0.6 is 11.8 Å². The third-order valence-electron chi connectivity index (χ3n) is 2.76. The number of carbonyl (C=O) groups excluding carboxylic acids is 1. The summed E-state index contributed by atoms with van der Waals surface area (Å²) in [6, 6.07) is 8.28. The van der Waals surface area contributed by atoms with Crippen LogP contribution in [0.25, 0.3) is 0 Å². The quantitative estimate of drug-likeness (QED) is 0.581. The lowest BCUT2D eigenvalue weighted by Crippen LogP contribution is -2.36. The van der Waals surface area contributed by atoms with Gasteiger partial charge in [-0.25, -0.2) is 0 Å². The number of likely N-dealkylation sites (N-methyl/N-ethyl adjacent to an activating group) is 1. The van der Waals surface area contributed by atoms with Crippen LogP contribution in [-0.4, -0.2) is 50.9 Å². The zero-order chi connectivity index (χ0) is 14.1. The minimum Gasteiger partial charge on any atom is -0.383 e. The lowest BCUT2D eigenvalue weighted by atomic mass is 10.2. The Labute approximate surface area is 119 Å². The van der Waals surface area contributed by atoms with Gasteiger partial charge in [-0.05, 0) is 24.0 Å². The summed E-state index contributed by atoms with van der Waals surface area (Å²) in [4.78, 5) is 14.8. The van der Waals surface area contributed by atoms with Crippen molar-refractivity contribution in [1.82, 2.24) is 10.2 Å². The predicted octanol–water partition coefficient (Wildman–Crippen LogP) is 1.60. The van der Waals surface area contributed by atoms with Gasteiger partial charge in [0.15, 0.2) is 0 Å². The molecule has 106 valence electrons. The van der Waals surface area contributed by atoms with E-state index in [1.54, 1.807) is 23.8 Å². The summed E-state index contributed by atoms with van der Waals surface area (Å²) in [6.45, 7) is 2.30. The Bertz CT molecular complexity index is 382. The second-order valence-corrected chi connectivity index (χ2v) is 5.15. The molecule has 1 amide bonds. The summed E-state index contributed by atoms with van der Waals surface area (Å²) in [5.74, 6) is 0.0880. The van der Waals surface area contributed by atoms with E-state index in [0.717, 1.165) is 5.56 Å². The molecule has 5 heteroatoms. The van der Waals surface area contributed by atoms with Gasteiger partial charge in [0.25, 0.3) is 0 Å². The Morgan fingerprint density at radius 2 is 2.05 bits per heavy atom. The van der Waals surface area contributed by atoms with Crippen LogP contribution in [0.15, 0.2) is 29.2 Å². The van der Waals surface area contributed by atoms with E-state index in [9.17, 15) is 4.79 Å². The van der Waals surface area contributed by atoms with Gasteiger partial charge < -0.3 is 15.0 Å². The van der Waals surface area contributed by atoms with Crippen molar-refractivity contribution < 1.29 is 9.53 Å². The van der Waals surface area contributed by atoms with Gasteiger partial charge in [0.1, 0.15) is 0 Å². The van der Waals surface area contributed by atoms with Crippen molar-refractivity contribution in [1.29, 1.82) is 0 Å². The second kappa shape index (κ2) is 8.96. The lowest BCUT2D eigenvalue weighted by molar-refractivity contribution is -0.129. The molecule has 0 spiro atoms. The topological polar surface area (TPSA) is 41.6 Å². The first-order chi connectivity index (χ1) is 9.17. The molecule has 0 unspecified atom stereocenters. The van der Waals surface area contributed by atoms with E-state index in [4.69, 9.17) is 4.74 Å². The Kier molecular flexibility index (Phi) is 7.55. The molecule has 0 saturated heterocycles.